The molecule has 6 nitrogen and oxygen atoms in total. The number of rotatable bonds is 4. The Hall–Kier alpha value is -3.38. The van der Waals surface area contributed by atoms with Crippen molar-refractivity contribution in [3.05, 3.63) is 72.8 Å². The smallest absolute Gasteiger partial charge is 0.150 e. The Bertz CT molecular complexity index is 1120. The maximum absolute atomic E-state index is 6.26. The van der Waals surface area contributed by atoms with Gasteiger partial charge in [-0.25, -0.2) is 9.97 Å². The highest BCUT2D eigenvalue weighted by Gasteiger charge is 2.23. The van der Waals surface area contributed by atoms with E-state index in [1.54, 1.807) is 6.20 Å². The molecule has 0 unspecified atom stereocenters. The van der Waals surface area contributed by atoms with Crippen molar-refractivity contribution in [1.29, 1.82) is 0 Å². The van der Waals surface area contributed by atoms with Gasteiger partial charge in [-0.05, 0) is 62.3 Å². The molecule has 1 saturated heterocycles. The van der Waals surface area contributed by atoms with Crippen LogP contribution in [0, 0.1) is 0 Å². The number of nitrogens with zero attached hydrogens (tertiary/aromatic N) is 3. The van der Waals surface area contributed by atoms with Crippen LogP contribution < -0.4 is 15.8 Å². The van der Waals surface area contributed by atoms with E-state index in [1.165, 1.54) is 0 Å². The number of benzene rings is 2. The van der Waals surface area contributed by atoms with E-state index < -0.39 is 0 Å². The van der Waals surface area contributed by atoms with Crippen molar-refractivity contribution in [2.45, 2.75) is 18.8 Å². The van der Waals surface area contributed by atoms with Gasteiger partial charge in [0.15, 0.2) is 0 Å². The molecule has 29 heavy (non-hydrogen) atoms. The third kappa shape index (κ3) is 3.43. The molecule has 0 bridgehead atoms. The van der Waals surface area contributed by atoms with Gasteiger partial charge in [-0.1, -0.05) is 18.2 Å². The molecule has 4 aromatic rings. The molecular formula is C23H23N5O. The van der Waals surface area contributed by atoms with E-state index in [-0.39, 0.29) is 0 Å². The topological polar surface area (TPSA) is 77.5 Å². The molecule has 3 N–H and O–H groups in total. The molecule has 1 aliphatic rings. The first kappa shape index (κ1) is 17.7. The van der Waals surface area contributed by atoms with Crippen LogP contribution in [0.15, 0.2) is 67.0 Å². The lowest BCUT2D eigenvalue weighted by Gasteiger charge is -2.21. The van der Waals surface area contributed by atoms with E-state index in [0.717, 1.165) is 60.0 Å². The zero-order chi connectivity index (χ0) is 19.6. The van der Waals surface area contributed by atoms with Gasteiger partial charge in [-0.2, -0.15) is 0 Å². The summed E-state index contributed by atoms with van der Waals surface area (Å²) in [6.07, 6.45) is 5.86. The third-order valence-corrected chi connectivity index (χ3v) is 5.42. The Morgan fingerprint density at radius 3 is 2.45 bits per heavy atom. The lowest BCUT2D eigenvalue weighted by Crippen LogP contribution is -2.27. The summed E-state index contributed by atoms with van der Waals surface area (Å²) in [5.74, 6) is 3.58. The Kier molecular flexibility index (Phi) is 4.62. The molecule has 6 heteroatoms. The maximum atomic E-state index is 6.26. The van der Waals surface area contributed by atoms with E-state index in [0.29, 0.717) is 11.7 Å². The number of aromatic nitrogens is 3. The highest BCUT2D eigenvalue weighted by molar-refractivity contribution is 5.85. The second kappa shape index (κ2) is 7.56. The van der Waals surface area contributed by atoms with Crippen LogP contribution in [0.25, 0.3) is 16.8 Å². The lowest BCUT2D eigenvalue weighted by molar-refractivity contribution is 0.444. The number of fused-ring (bicyclic) bond motifs is 1. The molecular weight excluding hydrogens is 362 g/mol. The molecule has 0 atom stereocenters. The molecule has 0 aliphatic carbocycles. The van der Waals surface area contributed by atoms with Gasteiger partial charge in [0.2, 0.25) is 0 Å². The summed E-state index contributed by atoms with van der Waals surface area (Å²) in [5.41, 5.74) is 9.01. The summed E-state index contributed by atoms with van der Waals surface area (Å²) < 4.78 is 8.02. The number of hydrogen-bond acceptors (Lipinski definition) is 5. The normalized spacial score (nSPS) is 14.9. The van der Waals surface area contributed by atoms with Gasteiger partial charge < -0.3 is 15.8 Å². The summed E-state index contributed by atoms with van der Waals surface area (Å²) in [6, 6.07) is 17.7. The number of nitrogens with two attached hydrogens (primary N) is 1. The fourth-order valence-corrected chi connectivity index (χ4v) is 3.96. The van der Waals surface area contributed by atoms with Gasteiger partial charge >= 0.3 is 0 Å². The van der Waals surface area contributed by atoms with Crippen molar-refractivity contribution in [3.63, 3.8) is 0 Å². The van der Waals surface area contributed by atoms with Crippen LogP contribution >= 0.6 is 0 Å². The minimum absolute atomic E-state index is 0.417. The molecule has 0 spiro atoms. The number of hydrogen-bond donors (Lipinski definition) is 2. The van der Waals surface area contributed by atoms with Crippen molar-refractivity contribution in [2.75, 3.05) is 18.8 Å². The van der Waals surface area contributed by atoms with Crippen LogP contribution in [0.5, 0.6) is 11.5 Å². The number of anilines is 1. The average molecular weight is 385 g/mol. The lowest BCUT2D eigenvalue weighted by atomic mass is 9.97. The van der Waals surface area contributed by atoms with Crippen molar-refractivity contribution in [3.8, 4) is 22.8 Å². The first-order chi connectivity index (χ1) is 14.3. The summed E-state index contributed by atoms with van der Waals surface area (Å²) >= 11 is 0. The predicted octanol–water partition coefficient (Wildman–Crippen LogP) is 4.24. The Morgan fingerprint density at radius 2 is 1.69 bits per heavy atom. The molecule has 0 saturated carbocycles. The van der Waals surface area contributed by atoms with Gasteiger partial charge in [-0.3, -0.25) is 4.40 Å². The zero-order valence-corrected chi connectivity index (χ0v) is 16.1. The second-order valence-electron chi connectivity index (χ2n) is 7.31. The van der Waals surface area contributed by atoms with E-state index in [2.05, 4.69) is 14.7 Å². The van der Waals surface area contributed by atoms with Crippen LogP contribution in [0.2, 0.25) is 0 Å². The van der Waals surface area contributed by atoms with Gasteiger partial charge in [0.1, 0.15) is 34.4 Å². The first-order valence-electron chi connectivity index (χ1n) is 9.96. The van der Waals surface area contributed by atoms with E-state index in [4.69, 9.17) is 15.5 Å². The van der Waals surface area contributed by atoms with E-state index in [1.807, 2.05) is 60.8 Å². The number of piperidine rings is 1. The molecule has 1 fully saturated rings. The minimum Gasteiger partial charge on any atom is -0.457 e. The third-order valence-electron chi connectivity index (χ3n) is 5.42. The molecule has 1 aliphatic heterocycles. The highest BCUT2D eigenvalue weighted by Crippen LogP contribution is 2.34. The van der Waals surface area contributed by atoms with Crippen LogP contribution in [0.4, 0.5) is 5.82 Å². The number of para-hydroxylation sites is 1. The van der Waals surface area contributed by atoms with Crippen molar-refractivity contribution >= 4 is 11.3 Å². The fourth-order valence-electron chi connectivity index (χ4n) is 3.96. The molecule has 2 aromatic heterocycles. The molecule has 0 amide bonds. The van der Waals surface area contributed by atoms with Gasteiger partial charge in [0.05, 0.1) is 0 Å². The number of nitrogens with one attached hydrogen (secondary N) is 1. The van der Waals surface area contributed by atoms with E-state index >= 15 is 0 Å². The number of ether oxygens (including phenoxy) is 1. The summed E-state index contributed by atoms with van der Waals surface area (Å²) in [7, 11) is 0. The largest absolute Gasteiger partial charge is 0.457 e. The van der Waals surface area contributed by atoms with Gasteiger partial charge in [0, 0.05) is 23.9 Å². The summed E-state index contributed by atoms with van der Waals surface area (Å²) in [4.78, 5) is 9.34. The van der Waals surface area contributed by atoms with Gasteiger partial charge in [0.25, 0.3) is 0 Å². The van der Waals surface area contributed by atoms with Crippen molar-refractivity contribution in [2.24, 2.45) is 0 Å². The standard InChI is InChI=1S/C23H23N5O/c24-22-21-20(16-6-8-19(9-7-16)29-18-4-2-1-3-5-18)27-23(28(21)15-14-26-22)17-10-12-25-13-11-17/h1-9,14-15,17,25H,10-13H2,(H2,24,26). The highest BCUT2D eigenvalue weighted by atomic mass is 16.5. The number of nitrogen functional groups attached to an aromatic ring is 1. The average Bonchev–Trinajstić information content (AvgIpc) is 3.17. The van der Waals surface area contributed by atoms with E-state index in [9.17, 15) is 0 Å². The van der Waals surface area contributed by atoms with Crippen molar-refractivity contribution < 1.29 is 4.74 Å². The Morgan fingerprint density at radius 1 is 0.966 bits per heavy atom. The predicted molar refractivity (Wildman–Crippen MR) is 114 cm³/mol. The summed E-state index contributed by atoms with van der Waals surface area (Å²) in [5, 5.41) is 3.42. The maximum Gasteiger partial charge on any atom is 0.150 e. The van der Waals surface area contributed by atoms with Crippen molar-refractivity contribution in [1.82, 2.24) is 19.7 Å². The van der Waals surface area contributed by atoms with Gasteiger partial charge in [-0.15, -0.1) is 0 Å². The second-order valence-corrected chi connectivity index (χ2v) is 7.31. The molecule has 3 heterocycles. The zero-order valence-electron chi connectivity index (χ0n) is 16.1. The fraction of sp³-hybridized carbons (Fsp3) is 0.217. The quantitative estimate of drug-likeness (QED) is 0.549. The first-order valence-corrected chi connectivity index (χ1v) is 9.96. The van der Waals surface area contributed by atoms with Crippen LogP contribution in [0.1, 0.15) is 24.6 Å². The van der Waals surface area contributed by atoms with Crippen LogP contribution in [-0.2, 0) is 0 Å². The monoisotopic (exact) mass is 385 g/mol. The molecule has 146 valence electrons. The molecule has 0 radical (unpaired) electrons. The number of imidazole rings is 1. The van der Waals surface area contributed by atoms with Crippen LogP contribution in [0.3, 0.4) is 0 Å². The Balaban J connectivity index is 1.52. The Labute approximate surface area is 169 Å². The minimum atomic E-state index is 0.417. The summed E-state index contributed by atoms with van der Waals surface area (Å²) in [6.45, 7) is 2.03. The molecule has 5 rings (SSSR count). The molecule has 2 aromatic carbocycles. The van der Waals surface area contributed by atoms with Crippen LogP contribution in [-0.4, -0.2) is 27.5 Å². The SMILES string of the molecule is Nc1nccn2c(C3CCNCC3)nc(-c3ccc(Oc4ccccc4)cc3)c12.